The second-order valence-electron chi connectivity index (χ2n) is 11.0. The van der Waals surface area contributed by atoms with E-state index >= 15 is 0 Å². The Labute approximate surface area is 270 Å². The molecule has 0 unspecified atom stereocenters. The van der Waals surface area contributed by atoms with Gasteiger partial charge in [0.2, 0.25) is 0 Å². The number of nitrogens with one attached hydrogen (secondary N) is 1. The van der Waals surface area contributed by atoms with Crippen LogP contribution in [-0.2, 0) is 0 Å². The molecule has 1 heterocycles. The minimum Gasteiger partial charge on any atom is -0.494 e. The van der Waals surface area contributed by atoms with Gasteiger partial charge in [-0.3, -0.25) is 0 Å². The number of rotatable bonds is 14. The SMILES string of the molecule is CCCCOc1ccc(Nc2ccc(N(c3ccccc3)c3ccc(-c4nc5ccc(OCCCC)cc5s4)cc3)cc2)cc1. The Morgan fingerprint density at radius 3 is 1.82 bits per heavy atom. The predicted molar refractivity (Wildman–Crippen MR) is 190 cm³/mol. The van der Waals surface area contributed by atoms with Gasteiger partial charge in [0.05, 0.1) is 23.4 Å². The minimum atomic E-state index is 0.745. The molecule has 45 heavy (non-hydrogen) atoms. The first kappa shape index (κ1) is 30.2. The Morgan fingerprint density at radius 2 is 1.18 bits per heavy atom. The molecular formula is C39H39N3O2S. The van der Waals surface area contributed by atoms with Gasteiger partial charge < -0.3 is 19.7 Å². The molecule has 6 aromatic rings. The summed E-state index contributed by atoms with van der Waals surface area (Å²) in [5.74, 6) is 1.81. The molecule has 6 rings (SSSR count). The van der Waals surface area contributed by atoms with Crippen LogP contribution in [0.25, 0.3) is 20.8 Å². The first-order chi connectivity index (χ1) is 22.2. The van der Waals surface area contributed by atoms with E-state index in [-0.39, 0.29) is 0 Å². The molecule has 5 nitrogen and oxygen atoms in total. The smallest absolute Gasteiger partial charge is 0.124 e. The Balaban J connectivity index is 1.20. The average molecular weight is 614 g/mol. The third-order valence-corrected chi connectivity index (χ3v) is 8.62. The lowest BCUT2D eigenvalue weighted by Gasteiger charge is -2.25. The molecule has 0 atom stereocenters. The normalized spacial score (nSPS) is 11.0. The lowest BCUT2D eigenvalue weighted by Crippen LogP contribution is -2.09. The number of ether oxygens (including phenoxy) is 2. The van der Waals surface area contributed by atoms with Gasteiger partial charge >= 0.3 is 0 Å². The minimum absolute atomic E-state index is 0.745. The van der Waals surface area contributed by atoms with E-state index in [4.69, 9.17) is 14.5 Å². The van der Waals surface area contributed by atoms with Crippen molar-refractivity contribution in [3.05, 3.63) is 121 Å². The molecule has 0 amide bonds. The van der Waals surface area contributed by atoms with E-state index in [0.29, 0.717) is 0 Å². The maximum absolute atomic E-state index is 5.92. The summed E-state index contributed by atoms with van der Waals surface area (Å²) in [7, 11) is 0. The van der Waals surface area contributed by atoms with Crippen molar-refractivity contribution in [3.8, 4) is 22.1 Å². The van der Waals surface area contributed by atoms with Crippen molar-refractivity contribution in [3.63, 3.8) is 0 Å². The fourth-order valence-corrected chi connectivity index (χ4v) is 6.06. The van der Waals surface area contributed by atoms with E-state index in [1.807, 2.05) is 24.3 Å². The lowest BCUT2D eigenvalue weighted by molar-refractivity contribution is 0.309. The number of benzene rings is 5. The quantitative estimate of drug-likeness (QED) is 0.124. The van der Waals surface area contributed by atoms with E-state index in [1.165, 1.54) is 0 Å². The number of thiazole rings is 1. The zero-order valence-corrected chi connectivity index (χ0v) is 26.7. The van der Waals surface area contributed by atoms with Crippen LogP contribution in [0.1, 0.15) is 39.5 Å². The van der Waals surface area contributed by atoms with Gasteiger partial charge in [0.15, 0.2) is 0 Å². The molecule has 0 aliphatic heterocycles. The van der Waals surface area contributed by atoms with Crippen molar-refractivity contribution in [1.82, 2.24) is 4.98 Å². The maximum atomic E-state index is 5.92. The number of unbranched alkanes of at least 4 members (excludes halogenated alkanes) is 2. The standard InChI is InChI=1S/C39H39N3O2S/c1-3-5-26-43-35-22-16-31(17-23-35)40-30-14-20-34(21-15-30)42(32-10-8-7-9-11-32)33-18-12-29(13-19-33)39-41-37-25-24-36(28-38(37)45-39)44-27-6-4-2/h7-25,28,40H,3-6,26-27H2,1-2H3. The van der Waals surface area contributed by atoms with E-state index < -0.39 is 0 Å². The number of fused-ring (bicyclic) bond motifs is 1. The number of para-hydroxylation sites is 1. The number of aromatic nitrogens is 1. The second kappa shape index (κ2) is 14.8. The third kappa shape index (κ3) is 7.65. The molecule has 0 aliphatic rings. The van der Waals surface area contributed by atoms with Crippen LogP contribution in [0.4, 0.5) is 28.4 Å². The van der Waals surface area contributed by atoms with Crippen molar-refractivity contribution in [2.45, 2.75) is 39.5 Å². The van der Waals surface area contributed by atoms with Crippen LogP contribution in [0.2, 0.25) is 0 Å². The number of hydrogen-bond acceptors (Lipinski definition) is 6. The van der Waals surface area contributed by atoms with E-state index in [1.54, 1.807) is 11.3 Å². The van der Waals surface area contributed by atoms with Gasteiger partial charge in [-0.05, 0) is 116 Å². The lowest BCUT2D eigenvalue weighted by atomic mass is 10.1. The summed E-state index contributed by atoms with van der Waals surface area (Å²) in [4.78, 5) is 7.18. The summed E-state index contributed by atoms with van der Waals surface area (Å²) < 4.78 is 12.9. The second-order valence-corrected chi connectivity index (χ2v) is 12.0. The van der Waals surface area contributed by atoms with Crippen LogP contribution >= 0.6 is 11.3 Å². The largest absolute Gasteiger partial charge is 0.494 e. The molecule has 1 N–H and O–H groups in total. The van der Waals surface area contributed by atoms with Crippen LogP contribution in [0.3, 0.4) is 0 Å². The van der Waals surface area contributed by atoms with Gasteiger partial charge in [0.1, 0.15) is 16.5 Å². The van der Waals surface area contributed by atoms with Crippen LogP contribution in [0, 0.1) is 0 Å². The van der Waals surface area contributed by atoms with Gasteiger partial charge in [-0.15, -0.1) is 11.3 Å². The molecule has 0 bridgehead atoms. The predicted octanol–water partition coefficient (Wildman–Crippen LogP) is 11.5. The molecule has 6 heteroatoms. The highest BCUT2D eigenvalue weighted by molar-refractivity contribution is 7.21. The molecule has 1 aromatic heterocycles. The highest BCUT2D eigenvalue weighted by Crippen LogP contribution is 2.38. The van der Waals surface area contributed by atoms with Crippen LogP contribution in [-0.4, -0.2) is 18.2 Å². The van der Waals surface area contributed by atoms with E-state index in [2.05, 4.69) is 121 Å². The van der Waals surface area contributed by atoms with Crippen molar-refractivity contribution in [2.24, 2.45) is 0 Å². The first-order valence-electron chi connectivity index (χ1n) is 15.8. The molecule has 228 valence electrons. The zero-order valence-electron chi connectivity index (χ0n) is 25.9. The summed E-state index contributed by atoms with van der Waals surface area (Å²) in [6.07, 6.45) is 4.38. The first-order valence-corrected chi connectivity index (χ1v) is 16.6. The number of hydrogen-bond donors (Lipinski definition) is 1. The molecule has 0 saturated heterocycles. The monoisotopic (exact) mass is 613 g/mol. The van der Waals surface area contributed by atoms with Gasteiger partial charge in [-0.1, -0.05) is 44.9 Å². The van der Waals surface area contributed by atoms with Gasteiger partial charge in [0, 0.05) is 34.0 Å². The van der Waals surface area contributed by atoms with Crippen molar-refractivity contribution < 1.29 is 9.47 Å². The summed E-state index contributed by atoms with van der Waals surface area (Å²) >= 11 is 1.70. The van der Waals surface area contributed by atoms with E-state index in [9.17, 15) is 0 Å². The highest BCUT2D eigenvalue weighted by atomic mass is 32.1. The van der Waals surface area contributed by atoms with Gasteiger partial charge in [-0.2, -0.15) is 0 Å². The molecule has 0 saturated carbocycles. The Morgan fingerprint density at radius 1 is 0.622 bits per heavy atom. The highest BCUT2D eigenvalue weighted by Gasteiger charge is 2.14. The van der Waals surface area contributed by atoms with Crippen LogP contribution < -0.4 is 19.7 Å². The summed E-state index contributed by atoms with van der Waals surface area (Å²) in [6, 6.07) is 42.0. The van der Waals surface area contributed by atoms with Crippen molar-refractivity contribution >= 4 is 50.0 Å². The molecule has 0 radical (unpaired) electrons. The Bertz CT molecular complexity index is 1780. The summed E-state index contributed by atoms with van der Waals surface area (Å²) in [6.45, 7) is 5.84. The number of nitrogens with zero attached hydrogens (tertiary/aromatic N) is 2. The fourth-order valence-electron chi connectivity index (χ4n) is 5.06. The molecule has 0 fully saturated rings. The zero-order chi connectivity index (χ0) is 30.8. The Hall–Kier alpha value is -4.81. The summed E-state index contributed by atoms with van der Waals surface area (Å²) in [5, 5.41) is 4.51. The summed E-state index contributed by atoms with van der Waals surface area (Å²) in [5.41, 5.74) is 7.40. The van der Waals surface area contributed by atoms with Crippen molar-refractivity contribution in [2.75, 3.05) is 23.4 Å². The Kier molecular flexibility index (Phi) is 9.93. The molecule has 0 aliphatic carbocycles. The van der Waals surface area contributed by atoms with Crippen LogP contribution in [0.15, 0.2) is 121 Å². The van der Waals surface area contributed by atoms with Crippen molar-refractivity contribution in [1.29, 1.82) is 0 Å². The van der Waals surface area contributed by atoms with Crippen LogP contribution in [0.5, 0.6) is 11.5 Å². The maximum Gasteiger partial charge on any atom is 0.124 e. The topological polar surface area (TPSA) is 46.6 Å². The fraction of sp³-hybridized carbons (Fsp3) is 0.205. The van der Waals surface area contributed by atoms with Gasteiger partial charge in [0.25, 0.3) is 0 Å². The molecule has 5 aromatic carbocycles. The molecular weight excluding hydrogens is 575 g/mol. The average Bonchev–Trinajstić information content (AvgIpc) is 3.51. The van der Waals surface area contributed by atoms with Gasteiger partial charge in [-0.25, -0.2) is 4.98 Å². The molecule has 0 spiro atoms. The third-order valence-electron chi connectivity index (χ3n) is 7.55. The number of anilines is 5. The van der Waals surface area contributed by atoms with E-state index in [0.717, 1.165) is 99.6 Å².